The average Bonchev–Trinajstić information content (AvgIpc) is 2.81. The van der Waals surface area contributed by atoms with Crippen LogP contribution in [0.1, 0.15) is 42.1 Å². The van der Waals surface area contributed by atoms with Crippen LogP contribution in [0.3, 0.4) is 0 Å². The highest BCUT2D eigenvalue weighted by atomic mass is 35.5. The molecule has 2 aliphatic rings. The number of rotatable bonds is 4. The number of halogens is 1. The highest BCUT2D eigenvalue weighted by Gasteiger charge is 2.59. The van der Waals surface area contributed by atoms with Crippen molar-refractivity contribution in [2.45, 2.75) is 45.9 Å². The van der Waals surface area contributed by atoms with Crippen molar-refractivity contribution in [3.05, 3.63) is 87.9 Å². The number of aryl methyl sites for hydroxylation is 3. The van der Waals surface area contributed by atoms with Gasteiger partial charge in [-0.25, -0.2) is 0 Å². The topological polar surface area (TPSA) is 53.6 Å². The van der Waals surface area contributed by atoms with E-state index in [0.717, 1.165) is 34.5 Å². The highest BCUT2D eigenvalue weighted by Crippen LogP contribution is 2.50. The largest absolute Gasteiger partial charge is 0.467 e. The molecule has 2 N–H and O–H groups in total. The highest BCUT2D eigenvalue weighted by molar-refractivity contribution is 7.80. The summed E-state index contributed by atoms with van der Waals surface area (Å²) in [7, 11) is 0. The zero-order valence-corrected chi connectivity index (χ0v) is 21.8. The van der Waals surface area contributed by atoms with Gasteiger partial charge in [-0.1, -0.05) is 48.4 Å². The maximum atomic E-state index is 14.0. The second-order valence-corrected chi connectivity index (χ2v) is 10.2. The Kier molecular flexibility index (Phi) is 5.98. The molecule has 180 valence electrons. The van der Waals surface area contributed by atoms with Crippen molar-refractivity contribution < 1.29 is 9.53 Å². The van der Waals surface area contributed by atoms with E-state index in [4.69, 9.17) is 28.6 Å². The molecule has 0 unspecified atom stereocenters. The number of benzene rings is 3. The van der Waals surface area contributed by atoms with E-state index in [9.17, 15) is 4.79 Å². The zero-order chi connectivity index (χ0) is 24.9. The van der Waals surface area contributed by atoms with E-state index in [1.807, 2.05) is 62.1 Å². The van der Waals surface area contributed by atoms with Crippen LogP contribution in [0, 0.1) is 19.8 Å². The summed E-state index contributed by atoms with van der Waals surface area (Å²) in [5, 5.41) is 7.66. The lowest BCUT2D eigenvalue weighted by Gasteiger charge is -2.56. The molecule has 0 aliphatic carbocycles. The predicted octanol–water partition coefficient (Wildman–Crippen LogP) is 6.32. The number of carbonyl (C=O) groups excluding carboxylic acids is 1. The molecule has 0 radical (unpaired) electrons. The third kappa shape index (κ3) is 4.05. The maximum Gasteiger partial charge on any atom is 0.236 e. The molecule has 3 aromatic carbocycles. The van der Waals surface area contributed by atoms with Gasteiger partial charge in [0.25, 0.3) is 0 Å². The number of anilines is 2. The molecule has 1 fully saturated rings. The summed E-state index contributed by atoms with van der Waals surface area (Å²) in [5.41, 5.74) is 4.76. The van der Waals surface area contributed by atoms with Gasteiger partial charge in [-0.2, -0.15) is 0 Å². The SMILES string of the molecule is CCc1ccc(N2C(=S)N[C@H]3c4cc(Cl)ccc4O[C@@]2(C)[C@@H]3C(=O)Nc2ccc(C)cc2C)cc1. The first-order chi connectivity index (χ1) is 16.7. The van der Waals surface area contributed by atoms with Gasteiger partial charge in [-0.05, 0) is 86.9 Å². The number of hydrogen-bond donors (Lipinski definition) is 2. The summed E-state index contributed by atoms with van der Waals surface area (Å²) in [5.74, 6) is -0.0883. The zero-order valence-electron chi connectivity index (χ0n) is 20.2. The van der Waals surface area contributed by atoms with Crippen LogP contribution in [0.5, 0.6) is 5.75 Å². The summed E-state index contributed by atoms with van der Waals surface area (Å²) in [4.78, 5) is 15.9. The Balaban J connectivity index is 1.61. The number of ether oxygens (including phenoxy) is 1. The maximum absolute atomic E-state index is 14.0. The molecule has 0 aromatic heterocycles. The fraction of sp³-hybridized carbons (Fsp3) is 0.286. The van der Waals surface area contributed by atoms with E-state index < -0.39 is 17.7 Å². The van der Waals surface area contributed by atoms with Crippen molar-refractivity contribution in [3.63, 3.8) is 0 Å². The first kappa shape index (κ1) is 23.6. The van der Waals surface area contributed by atoms with Crippen LogP contribution in [0.2, 0.25) is 5.02 Å². The van der Waals surface area contributed by atoms with Crippen LogP contribution in [0.4, 0.5) is 11.4 Å². The van der Waals surface area contributed by atoms with Crippen LogP contribution >= 0.6 is 23.8 Å². The summed E-state index contributed by atoms with van der Waals surface area (Å²) < 4.78 is 6.64. The normalized spacial score (nSPS) is 22.7. The molecule has 7 heteroatoms. The number of carbonyl (C=O) groups is 1. The van der Waals surface area contributed by atoms with Gasteiger partial charge >= 0.3 is 0 Å². The Labute approximate surface area is 216 Å². The third-order valence-corrected chi connectivity index (χ3v) is 7.52. The van der Waals surface area contributed by atoms with Crippen LogP contribution in [0.25, 0.3) is 0 Å². The molecule has 1 amide bonds. The van der Waals surface area contributed by atoms with Crippen molar-refractivity contribution in [1.82, 2.24) is 5.32 Å². The average molecular weight is 506 g/mol. The van der Waals surface area contributed by atoms with Gasteiger partial charge in [0.1, 0.15) is 11.7 Å². The molecule has 5 rings (SSSR count). The number of hydrogen-bond acceptors (Lipinski definition) is 3. The van der Waals surface area contributed by atoms with E-state index in [1.54, 1.807) is 6.07 Å². The summed E-state index contributed by atoms with van der Waals surface area (Å²) in [6, 6.07) is 19.3. The smallest absolute Gasteiger partial charge is 0.236 e. The number of nitrogens with zero attached hydrogens (tertiary/aromatic N) is 1. The Morgan fingerprint density at radius 2 is 1.89 bits per heavy atom. The molecule has 5 nitrogen and oxygen atoms in total. The van der Waals surface area contributed by atoms with Crippen molar-refractivity contribution in [2.24, 2.45) is 5.92 Å². The minimum Gasteiger partial charge on any atom is -0.467 e. The summed E-state index contributed by atoms with van der Waals surface area (Å²) >= 11 is 12.2. The summed E-state index contributed by atoms with van der Waals surface area (Å²) in [6.07, 6.45) is 0.938. The third-order valence-electron chi connectivity index (χ3n) is 6.98. The second-order valence-electron chi connectivity index (χ2n) is 9.41. The van der Waals surface area contributed by atoms with Gasteiger partial charge in [-0.3, -0.25) is 9.69 Å². The van der Waals surface area contributed by atoms with Gasteiger partial charge in [0.05, 0.1) is 6.04 Å². The minimum atomic E-state index is -1.07. The lowest BCUT2D eigenvalue weighted by molar-refractivity contribution is -0.130. The Hall–Kier alpha value is -3.09. The number of thiocarbonyl (C=S) groups is 1. The standard InChI is InChI=1S/C28H28ClN3O2S/c1-5-18-7-10-20(11-8-18)32-27(35)31-25-21-15-19(29)9-13-23(21)34-28(32,4)24(25)26(33)30-22-12-6-16(2)14-17(22)3/h6-15,24-25H,5H2,1-4H3,(H,30,33)(H,31,35)/t24-,25-,28-/m0/s1. The molecule has 2 aliphatic heterocycles. The van der Waals surface area contributed by atoms with Crippen LogP contribution in [0.15, 0.2) is 60.7 Å². The fourth-order valence-electron chi connectivity index (χ4n) is 5.19. The van der Waals surface area contributed by atoms with Gasteiger partial charge in [0.2, 0.25) is 5.91 Å². The van der Waals surface area contributed by atoms with Gasteiger partial charge in [-0.15, -0.1) is 0 Å². The molecular formula is C28H28ClN3O2S. The first-order valence-corrected chi connectivity index (χ1v) is 12.6. The van der Waals surface area contributed by atoms with Crippen molar-refractivity contribution in [2.75, 3.05) is 10.2 Å². The number of nitrogens with one attached hydrogen (secondary N) is 2. The van der Waals surface area contributed by atoms with Crippen molar-refractivity contribution in [3.8, 4) is 5.75 Å². The predicted molar refractivity (Wildman–Crippen MR) is 145 cm³/mol. The molecule has 2 heterocycles. The molecule has 0 spiro atoms. The minimum absolute atomic E-state index is 0.153. The molecule has 0 saturated carbocycles. The second kappa shape index (κ2) is 8.85. The molecule has 3 atom stereocenters. The van der Waals surface area contributed by atoms with Crippen molar-refractivity contribution >= 4 is 46.2 Å². The van der Waals surface area contributed by atoms with Gasteiger partial charge in [0.15, 0.2) is 10.8 Å². The van der Waals surface area contributed by atoms with E-state index in [-0.39, 0.29) is 5.91 Å². The lowest BCUT2D eigenvalue weighted by atomic mass is 9.78. The summed E-state index contributed by atoms with van der Waals surface area (Å²) in [6.45, 7) is 8.08. The van der Waals surface area contributed by atoms with Gasteiger partial charge in [0, 0.05) is 22.0 Å². The first-order valence-electron chi connectivity index (χ1n) is 11.8. The lowest BCUT2D eigenvalue weighted by Crippen LogP contribution is -2.72. The van der Waals surface area contributed by atoms with E-state index in [0.29, 0.717) is 15.9 Å². The van der Waals surface area contributed by atoms with Gasteiger partial charge < -0.3 is 15.4 Å². The van der Waals surface area contributed by atoms with Crippen molar-refractivity contribution in [1.29, 1.82) is 0 Å². The van der Waals surface area contributed by atoms with Crippen LogP contribution in [-0.4, -0.2) is 16.7 Å². The quantitative estimate of drug-likeness (QED) is 0.406. The van der Waals surface area contributed by atoms with E-state index in [2.05, 4.69) is 35.8 Å². The number of amides is 1. The molecule has 3 aromatic rings. The number of fused-ring (bicyclic) bond motifs is 4. The monoisotopic (exact) mass is 505 g/mol. The van der Waals surface area contributed by atoms with E-state index in [1.165, 1.54) is 5.56 Å². The van der Waals surface area contributed by atoms with E-state index >= 15 is 0 Å². The molecule has 2 bridgehead atoms. The Morgan fingerprint density at radius 3 is 2.57 bits per heavy atom. The Morgan fingerprint density at radius 1 is 1.14 bits per heavy atom. The fourth-order valence-corrected chi connectivity index (χ4v) is 5.78. The van der Waals surface area contributed by atoms with Crippen LogP contribution in [-0.2, 0) is 11.2 Å². The van der Waals surface area contributed by atoms with Crippen LogP contribution < -0.4 is 20.3 Å². The molecular weight excluding hydrogens is 478 g/mol. The Bertz CT molecular complexity index is 1330. The molecule has 35 heavy (non-hydrogen) atoms. The molecule has 1 saturated heterocycles.